The Kier molecular flexibility index (Phi) is 7.38. The summed E-state index contributed by atoms with van der Waals surface area (Å²) in [7, 11) is 0. The lowest BCUT2D eigenvalue weighted by atomic mass is 10.1. The standard InChI is InChI=1S/C25H27N7O3/c1-16(2)29-24(33)20-14-27-23-22(20)31-21(15-28-23)30-19-7-4-17(5-8-19)3-6-18(13-26)25(34)32-9-11-35-12-10-32/h4-8,14-16H,3,9-12H2,1-2H3,(H,27,28)(H,29,33)(H,30,31). The topological polar surface area (TPSA) is 136 Å². The van der Waals surface area contributed by atoms with Gasteiger partial charge >= 0.3 is 0 Å². The van der Waals surface area contributed by atoms with E-state index in [1.54, 1.807) is 23.4 Å². The van der Waals surface area contributed by atoms with Crippen molar-refractivity contribution in [2.75, 3.05) is 31.6 Å². The molecule has 2 amide bonds. The number of carbonyl (C=O) groups is 2. The predicted octanol–water partition coefficient (Wildman–Crippen LogP) is 2.69. The molecule has 1 saturated heterocycles. The first-order chi connectivity index (χ1) is 16.9. The number of aromatic amines is 1. The van der Waals surface area contributed by atoms with E-state index < -0.39 is 0 Å². The van der Waals surface area contributed by atoms with Crippen LogP contribution in [0.15, 0.2) is 48.3 Å². The molecule has 0 bridgehead atoms. The first kappa shape index (κ1) is 23.9. The van der Waals surface area contributed by atoms with Crippen LogP contribution in [0.1, 0.15) is 29.8 Å². The molecule has 35 heavy (non-hydrogen) atoms. The number of amides is 2. The van der Waals surface area contributed by atoms with Crippen molar-refractivity contribution in [3.63, 3.8) is 0 Å². The number of benzene rings is 1. The molecule has 2 aromatic heterocycles. The van der Waals surface area contributed by atoms with E-state index in [1.807, 2.05) is 44.2 Å². The number of H-pyrrole nitrogens is 1. The van der Waals surface area contributed by atoms with Gasteiger partial charge in [-0.2, -0.15) is 5.26 Å². The van der Waals surface area contributed by atoms with Crippen molar-refractivity contribution in [2.24, 2.45) is 0 Å². The monoisotopic (exact) mass is 473 g/mol. The number of morpholine rings is 1. The third-order valence-corrected chi connectivity index (χ3v) is 5.46. The number of rotatable bonds is 7. The number of carbonyl (C=O) groups excluding carboxylic acids is 2. The van der Waals surface area contributed by atoms with Crippen molar-refractivity contribution < 1.29 is 14.3 Å². The summed E-state index contributed by atoms with van der Waals surface area (Å²) in [6, 6.07) is 9.62. The van der Waals surface area contributed by atoms with Gasteiger partial charge in [0.1, 0.15) is 23.0 Å². The second-order valence-corrected chi connectivity index (χ2v) is 8.44. The maximum Gasteiger partial charge on any atom is 0.264 e. The number of hydrogen-bond acceptors (Lipinski definition) is 7. The first-order valence-corrected chi connectivity index (χ1v) is 11.4. The minimum Gasteiger partial charge on any atom is -0.378 e. The van der Waals surface area contributed by atoms with Gasteiger partial charge in [-0.1, -0.05) is 18.2 Å². The number of nitrogens with one attached hydrogen (secondary N) is 3. The van der Waals surface area contributed by atoms with Gasteiger partial charge in [-0.25, -0.2) is 9.97 Å². The summed E-state index contributed by atoms with van der Waals surface area (Å²) in [6.07, 6.45) is 5.32. The molecule has 0 spiro atoms. The van der Waals surface area contributed by atoms with Crippen molar-refractivity contribution in [3.05, 3.63) is 59.4 Å². The van der Waals surface area contributed by atoms with Crippen LogP contribution >= 0.6 is 0 Å². The van der Waals surface area contributed by atoms with E-state index in [1.165, 1.54) is 0 Å². The molecular formula is C25H27N7O3. The molecule has 3 N–H and O–H groups in total. The average molecular weight is 474 g/mol. The molecule has 3 aromatic rings. The zero-order chi connectivity index (χ0) is 24.8. The van der Waals surface area contributed by atoms with Gasteiger partial charge in [-0.3, -0.25) is 9.59 Å². The van der Waals surface area contributed by atoms with Crippen molar-refractivity contribution >= 4 is 34.5 Å². The predicted molar refractivity (Wildman–Crippen MR) is 131 cm³/mol. The normalized spacial score (nSPS) is 14.1. The Balaban J connectivity index is 1.42. The summed E-state index contributed by atoms with van der Waals surface area (Å²) in [5.41, 5.74) is 3.35. The Hall–Kier alpha value is -4.23. The summed E-state index contributed by atoms with van der Waals surface area (Å²) in [5.74, 6) is 0.0411. The van der Waals surface area contributed by atoms with Gasteiger partial charge in [-0.05, 0) is 38.0 Å². The lowest BCUT2D eigenvalue weighted by molar-refractivity contribution is -0.130. The van der Waals surface area contributed by atoms with E-state index in [9.17, 15) is 14.9 Å². The fourth-order valence-corrected chi connectivity index (χ4v) is 3.67. The fourth-order valence-electron chi connectivity index (χ4n) is 3.67. The Labute approximate surface area is 203 Å². The molecule has 180 valence electrons. The molecule has 1 aliphatic heterocycles. The Morgan fingerprint density at radius 2 is 2.00 bits per heavy atom. The molecular weight excluding hydrogens is 446 g/mol. The molecule has 0 unspecified atom stereocenters. The summed E-state index contributed by atoms with van der Waals surface area (Å²) in [6.45, 7) is 5.78. The zero-order valence-electron chi connectivity index (χ0n) is 19.7. The number of anilines is 2. The highest BCUT2D eigenvalue weighted by atomic mass is 16.5. The largest absolute Gasteiger partial charge is 0.378 e. The third kappa shape index (κ3) is 5.83. The number of nitriles is 1. The van der Waals surface area contributed by atoms with Gasteiger partial charge < -0.3 is 25.3 Å². The van der Waals surface area contributed by atoms with E-state index in [0.717, 1.165) is 11.3 Å². The fraction of sp³-hybridized carbons (Fsp3) is 0.320. The van der Waals surface area contributed by atoms with Gasteiger partial charge in [0, 0.05) is 31.0 Å². The van der Waals surface area contributed by atoms with Gasteiger partial charge in [0.2, 0.25) is 0 Å². The minimum atomic E-state index is -0.255. The molecule has 0 atom stereocenters. The zero-order valence-corrected chi connectivity index (χ0v) is 19.7. The smallest absolute Gasteiger partial charge is 0.264 e. The van der Waals surface area contributed by atoms with E-state index in [2.05, 4.69) is 25.6 Å². The summed E-state index contributed by atoms with van der Waals surface area (Å²) >= 11 is 0. The molecule has 3 heterocycles. The van der Waals surface area contributed by atoms with Crippen LogP contribution in [-0.4, -0.2) is 64.0 Å². The van der Waals surface area contributed by atoms with Gasteiger partial charge in [0.05, 0.1) is 25.0 Å². The second kappa shape index (κ2) is 10.8. The summed E-state index contributed by atoms with van der Waals surface area (Å²) < 4.78 is 5.26. The Morgan fingerprint density at radius 3 is 2.69 bits per heavy atom. The Morgan fingerprint density at radius 1 is 1.26 bits per heavy atom. The van der Waals surface area contributed by atoms with Crippen LogP contribution in [0.25, 0.3) is 11.2 Å². The molecule has 10 nitrogen and oxygen atoms in total. The lowest BCUT2D eigenvalue weighted by Gasteiger charge is -2.26. The van der Waals surface area contributed by atoms with E-state index in [0.29, 0.717) is 55.3 Å². The molecule has 10 heteroatoms. The highest BCUT2D eigenvalue weighted by molar-refractivity contribution is 6.04. The molecule has 0 saturated carbocycles. The van der Waals surface area contributed by atoms with Crippen molar-refractivity contribution in [2.45, 2.75) is 26.3 Å². The SMILES string of the molecule is CC(C)NC(=O)c1c[nH]c2ncc(Nc3ccc(CC=C(C#N)C(=O)N4CCOCC4)cc3)nc12. The van der Waals surface area contributed by atoms with Crippen LogP contribution in [0.4, 0.5) is 11.5 Å². The van der Waals surface area contributed by atoms with Crippen LogP contribution < -0.4 is 10.6 Å². The van der Waals surface area contributed by atoms with Crippen LogP contribution in [0.2, 0.25) is 0 Å². The minimum absolute atomic E-state index is 0.0109. The third-order valence-electron chi connectivity index (χ3n) is 5.46. The van der Waals surface area contributed by atoms with E-state index in [-0.39, 0.29) is 23.4 Å². The number of fused-ring (bicyclic) bond motifs is 1. The van der Waals surface area contributed by atoms with Crippen molar-refractivity contribution in [1.82, 2.24) is 25.2 Å². The van der Waals surface area contributed by atoms with Gasteiger partial charge in [-0.15, -0.1) is 0 Å². The van der Waals surface area contributed by atoms with Crippen LogP contribution in [0.5, 0.6) is 0 Å². The molecule has 0 radical (unpaired) electrons. The maximum absolute atomic E-state index is 12.5. The lowest BCUT2D eigenvalue weighted by Crippen LogP contribution is -2.41. The first-order valence-electron chi connectivity index (χ1n) is 11.4. The molecule has 1 fully saturated rings. The van der Waals surface area contributed by atoms with Crippen molar-refractivity contribution in [3.8, 4) is 6.07 Å². The highest BCUT2D eigenvalue weighted by Gasteiger charge is 2.20. The molecule has 1 aliphatic rings. The van der Waals surface area contributed by atoms with Crippen molar-refractivity contribution in [1.29, 1.82) is 5.26 Å². The van der Waals surface area contributed by atoms with E-state index in [4.69, 9.17) is 4.74 Å². The quantitative estimate of drug-likeness (QED) is 0.354. The number of nitrogens with zero attached hydrogens (tertiary/aromatic N) is 4. The molecule has 4 rings (SSSR count). The van der Waals surface area contributed by atoms with Gasteiger partial charge in [0.25, 0.3) is 11.8 Å². The number of hydrogen-bond donors (Lipinski definition) is 3. The average Bonchev–Trinajstić information content (AvgIpc) is 3.29. The molecule has 0 aliphatic carbocycles. The van der Waals surface area contributed by atoms with Crippen LogP contribution in [0, 0.1) is 11.3 Å². The van der Waals surface area contributed by atoms with Crippen LogP contribution in [-0.2, 0) is 16.0 Å². The van der Waals surface area contributed by atoms with Crippen LogP contribution in [0.3, 0.4) is 0 Å². The number of allylic oxidation sites excluding steroid dienone is 1. The second-order valence-electron chi connectivity index (χ2n) is 8.44. The van der Waals surface area contributed by atoms with Gasteiger partial charge in [0.15, 0.2) is 5.65 Å². The Bertz CT molecular complexity index is 1280. The summed E-state index contributed by atoms with van der Waals surface area (Å²) in [4.78, 5) is 38.5. The summed E-state index contributed by atoms with van der Waals surface area (Å²) in [5, 5.41) is 15.5. The highest BCUT2D eigenvalue weighted by Crippen LogP contribution is 2.20. The number of ether oxygens (including phenoxy) is 1. The van der Waals surface area contributed by atoms with E-state index >= 15 is 0 Å². The number of aromatic nitrogens is 3. The maximum atomic E-state index is 12.5. The molecule has 1 aromatic carbocycles.